The van der Waals surface area contributed by atoms with Crippen LogP contribution in [-0.2, 0) is 0 Å². The first-order chi connectivity index (χ1) is 5.79. The quantitative estimate of drug-likeness (QED) is 0.530. The van der Waals surface area contributed by atoms with E-state index in [1.165, 1.54) is 19.4 Å². The summed E-state index contributed by atoms with van der Waals surface area (Å²) in [5.74, 6) is 4.28. The van der Waals surface area contributed by atoms with Crippen LogP contribution in [0.3, 0.4) is 0 Å². The van der Waals surface area contributed by atoms with Gasteiger partial charge >= 0.3 is 0 Å². The summed E-state index contributed by atoms with van der Waals surface area (Å²) in [6, 6.07) is 0.961. The molecule has 2 saturated carbocycles. The van der Waals surface area contributed by atoms with E-state index in [-0.39, 0.29) is 0 Å². The molecule has 0 spiro atoms. The van der Waals surface area contributed by atoms with Gasteiger partial charge in [-0.1, -0.05) is 13.3 Å². The van der Waals surface area contributed by atoms with Crippen molar-refractivity contribution in [2.45, 2.75) is 32.2 Å². The number of piperidine rings is 1. The number of likely N-dealkylation sites (tertiary alicyclic amines) is 1. The van der Waals surface area contributed by atoms with E-state index in [1.807, 2.05) is 0 Å². The molecule has 3 aliphatic rings. The van der Waals surface area contributed by atoms with Crippen LogP contribution in [-0.4, -0.2) is 24.5 Å². The van der Waals surface area contributed by atoms with Crippen LogP contribution in [0.5, 0.6) is 0 Å². The number of nitrogens with zero attached hydrogens (tertiary/aromatic N) is 1. The Morgan fingerprint density at radius 3 is 2.67 bits per heavy atom. The SMILES string of the molecule is CC1C2CN(C)C1C1CCCC21. The van der Waals surface area contributed by atoms with Crippen LogP contribution in [0.4, 0.5) is 0 Å². The van der Waals surface area contributed by atoms with E-state index in [1.54, 1.807) is 6.42 Å². The molecule has 0 aromatic carbocycles. The zero-order valence-corrected chi connectivity index (χ0v) is 8.16. The first kappa shape index (κ1) is 7.37. The zero-order chi connectivity index (χ0) is 8.29. The molecule has 3 fully saturated rings. The monoisotopic (exact) mass is 165 g/mol. The summed E-state index contributed by atoms with van der Waals surface area (Å²) in [4.78, 5) is 2.63. The van der Waals surface area contributed by atoms with Crippen molar-refractivity contribution in [1.29, 1.82) is 0 Å². The lowest BCUT2D eigenvalue weighted by Gasteiger charge is -2.32. The lowest BCUT2D eigenvalue weighted by Crippen LogP contribution is -2.38. The van der Waals surface area contributed by atoms with Crippen molar-refractivity contribution < 1.29 is 0 Å². The number of hydrogen-bond acceptors (Lipinski definition) is 1. The van der Waals surface area contributed by atoms with Crippen molar-refractivity contribution in [2.75, 3.05) is 13.6 Å². The molecule has 5 atom stereocenters. The highest BCUT2D eigenvalue weighted by molar-refractivity contribution is 5.07. The molecule has 1 heterocycles. The smallest absolute Gasteiger partial charge is 0.0152 e. The molecule has 12 heavy (non-hydrogen) atoms. The number of fused-ring (bicyclic) bond motifs is 5. The van der Waals surface area contributed by atoms with Gasteiger partial charge < -0.3 is 4.90 Å². The third kappa shape index (κ3) is 0.693. The molecule has 2 bridgehead atoms. The van der Waals surface area contributed by atoms with Crippen molar-refractivity contribution in [3.05, 3.63) is 0 Å². The Balaban J connectivity index is 1.94. The Kier molecular flexibility index (Phi) is 1.39. The normalized spacial score (nSPS) is 58.0. The summed E-state index contributed by atoms with van der Waals surface area (Å²) in [5, 5.41) is 0. The first-order valence-corrected chi connectivity index (χ1v) is 5.49. The van der Waals surface area contributed by atoms with E-state index in [9.17, 15) is 0 Å². The van der Waals surface area contributed by atoms with Crippen LogP contribution in [0.25, 0.3) is 0 Å². The molecule has 0 amide bonds. The van der Waals surface area contributed by atoms with Crippen molar-refractivity contribution in [3.8, 4) is 0 Å². The van der Waals surface area contributed by atoms with Gasteiger partial charge in [-0.2, -0.15) is 0 Å². The fourth-order valence-corrected chi connectivity index (χ4v) is 4.49. The minimum Gasteiger partial charge on any atom is -0.303 e. The summed E-state index contributed by atoms with van der Waals surface area (Å²) in [7, 11) is 2.33. The molecule has 0 aromatic heterocycles. The van der Waals surface area contributed by atoms with E-state index >= 15 is 0 Å². The molecule has 2 aliphatic carbocycles. The van der Waals surface area contributed by atoms with Gasteiger partial charge in [0, 0.05) is 12.6 Å². The van der Waals surface area contributed by atoms with E-state index < -0.39 is 0 Å². The van der Waals surface area contributed by atoms with Gasteiger partial charge in [0.1, 0.15) is 0 Å². The molecule has 1 aliphatic heterocycles. The lowest BCUT2D eigenvalue weighted by molar-refractivity contribution is 0.153. The second-order valence-electron chi connectivity index (χ2n) is 5.21. The molecule has 0 radical (unpaired) electrons. The predicted octanol–water partition coefficient (Wildman–Crippen LogP) is 1.98. The highest BCUT2D eigenvalue weighted by atomic mass is 15.2. The molecule has 5 unspecified atom stereocenters. The Morgan fingerprint density at radius 1 is 1.08 bits per heavy atom. The Labute approximate surface area is 75.1 Å². The van der Waals surface area contributed by atoms with Gasteiger partial charge in [0.25, 0.3) is 0 Å². The van der Waals surface area contributed by atoms with Crippen molar-refractivity contribution >= 4 is 0 Å². The molecular weight excluding hydrogens is 146 g/mol. The van der Waals surface area contributed by atoms with Gasteiger partial charge in [-0.25, -0.2) is 0 Å². The summed E-state index contributed by atoms with van der Waals surface area (Å²) in [5.41, 5.74) is 0. The average Bonchev–Trinajstić information content (AvgIpc) is 2.61. The predicted molar refractivity (Wildman–Crippen MR) is 49.9 cm³/mol. The second-order valence-corrected chi connectivity index (χ2v) is 5.21. The summed E-state index contributed by atoms with van der Waals surface area (Å²) < 4.78 is 0. The van der Waals surface area contributed by atoms with Crippen LogP contribution in [0.15, 0.2) is 0 Å². The molecule has 3 rings (SSSR count). The van der Waals surface area contributed by atoms with Crippen LogP contribution < -0.4 is 0 Å². The number of hydrogen-bond donors (Lipinski definition) is 0. The van der Waals surface area contributed by atoms with Crippen LogP contribution >= 0.6 is 0 Å². The molecular formula is C11H19N. The Bertz CT molecular complexity index is 199. The molecule has 0 N–H and O–H groups in total. The molecule has 0 aromatic rings. The maximum atomic E-state index is 2.63. The van der Waals surface area contributed by atoms with Crippen LogP contribution in [0.1, 0.15) is 26.2 Å². The Hall–Kier alpha value is -0.0400. The van der Waals surface area contributed by atoms with E-state index in [0.717, 1.165) is 29.7 Å². The van der Waals surface area contributed by atoms with Crippen LogP contribution in [0, 0.1) is 23.7 Å². The van der Waals surface area contributed by atoms with Crippen molar-refractivity contribution in [1.82, 2.24) is 4.90 Å². The van der Waals surface area contributed by atoms with Gasteiger partial charge in [-0.05, 0) is 43.6 Å². The zero-order valence-electron chi connectivity index (χ0n) is 8.16. The number of rotatable bonds is 0. The lowest BCUT2D eigenvalue weighted by atomic mass is 9.88. The second kappa shape index (κ2) is 2.25. The maximum absolute atomic E-state index is 2.63. The van der Waals surface area contributed by atoms with E-state index in [4.69, 9.17) is 0 Å². The molecule has 1 heteroatoms. The molecule has 1 nitrogen and oxygen atoms in total. The third-order valence-electron chi connectivity index (χ3n) is 4.84. The van der Waals surface area contributed by atoms with E-state index in [2.05, 4.69) is 18.9 Å². The molecule has 68 valence electrons. The molecule has 1 saturated heterocycles. The topological polar surface area (TPSA) is 3.24 Å². The first-order valence-electron chi connectivity index (χ1n) is 5.49. The van der Waals surface area contributed by atoms with Crippen molar-refractivity contribution in [3.63, 3.8) is 0 Å². The minimum absolute atomic E-state index is 0.961. The van der Waals surface area contributed by atoms with Gasteiger partial charge in [-0.3, -0.25) is 0 Å². The maximum Gasteiger partial charge on any atom is 0.0152 e. The largest absolute Gasteiger partial charge is 0.303 e. The van der Waals surface area contributed by atoms with E-state index in [0.29, 0.717) is 0 Å². The average molecular weight is 165 g/mol. The van der Waals surface area contributed by atoms with Gasteiger partial charge in [0.2, 0.25) is 0 Å². The summed E-state index contributed by atoms with van der Waals surface area (Å²) in [6.07, 6.45) is 4.59. The minimum atomic E-state index is 0.961. The van der Waals surface area contributed by atoms with Crippen LogP contribution in [0.2, 0.25) is 0 Å². The highest BCUT2D eigenvalue weighted by Gasteiger charge is 2.56. The summed E-state index contributed by atoms with van der Waals surface area (Å²) in [6.45, 7) is 3.88. The fourth-order valence-electron chi connectivity index (χ4n) is 4.49. The standard InChI is InChI=1S/C11H19N/c1-7-10-6-12(2)11(7)9-5-3-4-8(9)10/h7-11H,3-6H2,1-2H3. The third-order valence-corrected chi connectivity index (χ3v) is 4.84. The van der Waals surface area contributed by atoms with Gasteiger partial charge in [0.05, 0.1) is 0 Å². The van der Waals surface area contributed by atoms with Gasteiger partial charge in [-0.15, -0.1) is 0 Å². The summed E-state index contributed by atoms with van der Waals surface area (Å²) >= 11 is 0. The Morgan fingerprint density at radius 2 is 1.83 bits per heavy atom. The van der Waals surface area contributed by atoms with Crippen molar-refractivity contribution in [2.24, 2.45) is 23.7 Å². The van der Waals surface area contributed by atoms with Gasteiger partial charge in [0.15, 0.2) is 0 Å². The highest BCUT2D eigenvalue weighted by Crippen LogP contribution is 2.56. The fraction of sp³-hybridized carbons (Fsp3) is 1.00.